The molecule has 0 nitrogen and oxygen atoms in total. The van der Waals surface area contributed by atoms with Gasteiger partial charge in [-0.2, -0.15) is 110 Å². The van der Waals surface area contributed by atoms with Crippen LogP contribution < -0.4 is 0 Å². The van der Waals surface area contributed by atoms with Crippen molar-refractivity contribution in [3.8, 4) is 0 Å². The number of halogens is 25. The molecule has 0 aromatic heterocycles. The molecule has 0 aliphatic rings. The molecule has 0 N–H and O–H groups in total. The maximum atomic E-state index is 14.4. The first kappa shape index (κ1) is 42.5. The van der Waals surface area contributed by atoms with Crippen LogP contribution in [0.5, 0.6) is 0 Å². The lowest BCUT2D eigenvalue weighted by molar-refractivity contribution is -0.441. The molecule has 1 rings (SSSR count). The molecule has 0 radical (unpaired) electrons. The molecular weight excluding hydrogens is 739 g/mol. The van der Waals surface area contributed by atoms with Gasteiger partial charge < -0.3 is 0 Å². The Morgan fingerprint density at radius 1 is 0.277 bits per heavy atom. The summed E-state index contributed by atoms with van der Waals surface area (Å²) in [6, 6.07) is -5.02. The predicted octanol–water partition coefficient (Wildman–Crippen LogP) is 11.2. The quantitative estimate of drug-likeness (QED) is 0.198. The van der Waals surface area contributed by atoms with Crippen molar-refractivity contribution in [2.24, 2.45) is 5.41 Å². The first-order valence-electron chi connectivity index (χ1n) is 11.3. The number of rotatable bonds is 11. The molecule has 0 spiro atoms. The minimum Gasteiger partial charge on any atom is -0.199 e. The summed E-state index contributed by atoms with van der Waals surface area (Å²) in [7, 11) is 0. The minimum absolute atomic E-state index is 0.0123. The number of hydrogen-bond donors (Lipinski definition) is 0. The van der Waals surface area contributed by atoms with Crippen molar-refractivity contribution in [1.29, 1.82) is 0 Å². The largest absolute Gasteiger partial charge is 0.460 e. The molecule has 0 unspecified atom stereocenters. The van der Waals surface area contributed by atoms with Crippen LogP contribution in [0.1, 0.15) is 31.9 Å². The van der Waals surface area contributed by atoms with E-state index < -0.39 is 112 Å². The van der Waals surface area contributed by atoms with Crippen molar-refractivity contribution in [3.63, 3.8) is 0 Å². The van der Waals surface area contributed by atoms with Crippen molar-refractivity contribution >= 4 is 0 Å². The summed E-state index contributed by atoms with van der Waals surface area (Å²) >= 11 is 0. The third kappa shape index (κ3) is 5.33. The van der Waals surface area contributed by atoms with Crippen molar-refractivity contribution in [2.45, 2.75) is 92.1 Å². The van der Waals surface area contributed by atoms with Gasteiger partial charge in [-0.05, 0) is 0 Å². The first-order valence-corrected chi connectivity index (χ1v) is 11.3. The van der Waals surface area contributed by atoms with Gasteiger partial charge in [0.25, 0.3) is 0 Å². The van der Waals surface area contributed by atoms with Crippen molar-refractivity contribution < 1.29 is 110 Å². The highest BCUT2D eigenvalue weighted by Gasteiger charge is 2.92. The molecule has 1 aromatic rings. The molecule has 0 aliphatic heterocycles. The third-order valence-electron chi connectivity index (χ3n) is 6.46. The van der Waals surface area contributed by atoms with E-state index in [4.69, 9.17) is 0 Å². The van der Waals surface area contributed by atoms with Crippen LogP contribution in [0.3, 0.4) is 0 Å². The molecule has 0 fully saturated rings. The van der Waals surface area contributed by atoms with Gasteiger partial charge in [0.2, 0.25) is 0 Å². The van der Waals surface area contributed by atoms with E-state index >= 15 is 0 Å². The maximum absolute atomic E-state index is 14.4. The molecule has 25 heteroatoms. The number of hydrogen-bond acceptors (Lipinski definition) is 0. The van der Waals surface area contributed by atoms with Crippen LogP contribution in [0.2, 0.25) is 0 Å². The fourth-order valence-corrected chi connectivity index (χ4v) is 3.28. The average Bonchev–Trinajstić information content (AvgIpc) is 2.86. The fraction of sp³-hybridized carbons (Fsp3) is 0.727. The third-order valence-corrected chi connectivity index (χ3v) is 6.46. The number of alkyl halides is 25. The van der Waals surface area contributed by atoms with E-state index in [0.717, 1.165) is 0 Å². The average molecular weight is 752 g/mol. The molecular formula is C22H13F25. The summed E-state index contributed by atoms with van der Waals surface area (Å²) < 4.78 is 342. The highest BCUT2D eigenvalue weighted by Crippen LogP contribution is 2.65. The Hall–Kier alpha value is -2.53. The lowest BCUT2D eigenvalue weighted by Gasteiger charge is -2.44. The Labute approximate surface area is 243 Å². The molecule has 0 saturated carbocycles. The van der Waals surface area contributed by atoms with Crippen LogP contribution in [-0.2, 0) is 11.8 Å². The van der Waals surface area contributed by atoms with E-state index in [1.165, 1.54) is 0 Å². The van der Waals surface area contributed by atoms with Gasteiger partial charge in [0, 0.05) is 16.5 Å². The van der Waals surface area contributed by atoms with Crippen LogP contribution in [0.15, 0.2) is 24.3 Å². The van der Waals surface area contributed by atoms with Crippen LogP contribution in [0, 0.1) is 5.41 Å². The standard InChI is InChI=1S/C22H13F25/c1-10(2,3)13(27,28)16(33,34)19(39,40)17(35,36)14(29,30)11(23,24)8-4-6-9(7-5-8)12(25,26)15(31,32)18(37,38)20(41,42)21(43,44)22(45,46)47/h4-7H,1-3H3. The summed E-state index contributed by atoms with van der Waals surface area (Å²) in [5.41, 5.74) is -9.67. The first-order chi connectivity index (χ1) is 20.0. The fourth-order valence-electron chi connectivity index (χ4n) is 3.28. The van der Waals surface area contributed by atoms with Gasteiger partial charge in [0.1, 0.15) is 0 Å². The van der Waals surface area contributed by atoms with Crippen LogP contribution in [0.4, 0.5) is 110 Å². The Morgan fingerprint density at radius 2 is 0.468 bits per heavy atom. The van der Waals surface area contributed by atoms with Crippen molar-refractivity contribution in [3.05, 3.63) is 35.4 Å². The summed E-state index contributed by atoms with van der Waals surface area (Å²) in [6.07, 6.45) is -7.81. The van der Waals surface area contributed by atoms with E-state index in [9.17, 15) is 110 Å². The topological polar surface area (TPSA) is 0 Å². The van der Waals surface area contributed by atoms with E-state index in [2.05, 4.69) is 0 Å². The Bertz CT molecular complexity index is 1280. The molecule has 276 valence electrons. The van der Waals surface area contributed by atoms with Crippen molar-refractivity contribution in [1.82, 2.24) is 0 Å². The minimum atomic E-state index is -8.43. The highest BCUT2D eigenvalue weighted by atomic mass is 19.4. The van der Waals surface area contributed by atoms with Crippen LogP contribution >= 0.6 is 0 Å². The second kappa shape index (κ2) is 10.7. The zero-order chi connectivity index (χ0) is 38.5. The van der Waals surface area contributed by atoms with Crippen LogP contribution in [-0.4, -0.2) is 59.5 Å². The summed E-state index contributed by atoms with van der Waals surface area (Å²) in [5.74, 6) is -85.7. The normalized spacial score (nSPS) is 16.5. The Balaban J connectivity index is 3.76. The van der Waals surface area contributed by atoms with Gasteiger partial charge >= 0.3 is 71.3 Å². The van der Waals surface area contributed by atoms with Gasteiger partial charge in [0.15, 0.2) is 0 Å². The summed E-state index contributed by atoms with van der Waals surface area (Å²) in [4.78, 5) is 0. The molecule has 0 saturated heterocycles. The Morgan fingerprint density at radius 3 is 0.681 bits per heavy atom. The van der Waals surface area contributed by atoms with Gasteiger partial charge in [-0.3, -0.25) is 0 Å². The van der Waals surface area contributed by atoms with Crippen molar-refractivity contribution in [2.75, 3.05) is 0 Å². The summed E-state index contributed by atoms with van der Waals surface area (Å²) in [6.45, 7) is -0.0369. The summed E-state index contributed by atoms with van der Waals surface area (Å²) in [5, 5.41) is 0. The van der Waals surface area contributed by atoms with E-state index in [1.807, 2.05) is 0 Å². The molecule has 0 bridgehead atoms. The molecule has 47 heavy (non-hydrogen) atoms. The number of benzene rings is 1. The molecule has 0 amide bonds. The van der Waals surface area contributed by atoms with E-state index in [-0.39, 0.29) is 20.8 Å². The second-order valence-corrected chi connectivity index (χ2v) is 10.6. The molecule has 0 aliphatic carbocycles. The smallest absolute Gasteiger partial charge is 0.199 e. The zero-order valence-electron chi connectivity index (χ0n) is 22.3. The Kier molecular flexibility index (Phi) is 9.70. The molecule has 0 atom stereocenters. The van der Waals surface area contributed by atoms with Gasteiger partial charge in [-0.15, -0.1) is 0 Å². The van der Waals surface area contributed by atoms with Crippen LogP contribution in [0.25, 0.3) is 0 Å². The molecule has 1 aromatic carbocycles. The lowest BCUT2D eigenvalue weighted by atomic mass is 9.79. The second-order valence-electron chi connectivity index (χ2n) is 10.6. The zero-order valence-corrected chi connectivity index (χ0v) is 22.3. The lowest BCUT2D eigenvalue weighted by Crippen LogP contribution is -2.71. The van der Waals surface area contributed by atoms with Gasteiger partial charge in [0.05, 0.1) is 0 Å². The van der Waals surface area contributed by atoms with E-state index in [0.29, 0.717) is 0 Å². The SMILES string of the molecule is CC(C)(C)C(F)(F)C(F)(F)C(F)(F)C(F)(F)C(F)(F)C(F)(F)c1ccc(C(F)(F)C(F)(F)C(F)(F)C(F)(F)C(F)(F)C(F)(F)F)cc1. The van der Waals surface area contributed by atoms with Gasteiger partial charge in [-0.25, -0.2) is 0 Å². The van der Waals surface area contributed by atoms with E-state index in [1.54, 1.807) is 0 Å². The van der Waals surface area contributed by atoms with Gasteiger partial charge in [-0.1, -0.05) is 45.0 Å². The monoisotopic (exact) mass is 752 g/mol. The maximum Gasteiger partial charge on any atom is 0.460 e. The predicted molar refractivity (Wildman–Crippen MR) is 104 cm³/mol. The molecule has 0 heterocycles. The highest BCUT2D eigenvalue weighted by molar-refractivity contribution is 5.33.